The third-order valence-electron chi connectivity index (χ3n) is 8.89. The highest BCUT2D eigenvalue weighted by atomic mass is 16.5. The van der Waals surface area contributed by atoms with Crippen LogP contribution in [-0.4, -0.2) is 34.1 Å². The average Bonchev–Trinajstić information content (AvgIpc) is 3.41. The van der Waals surface area contributed by atoms with Gasteiger partial charge in [0, 0.05) is 47.4 Å². The first kappa shape index (κ1) is 30.3. The summed E-state index contributed by atoms with van der Waals surface area (Å²) >= 11 is 0. The number of H-pyrrole nitrogens is 1. The molecule has 0 bridgehead atoms. The van der Waals surface area contributed by atoms with Gasteiger partial charge in [0.15, 0.2) is 0 Å². The molecule has 43 heavy (non-hydrogen) atoms. The van der Waals surface area contributed by atoms with Crippen LogP contribution in [0, 0.1) is 0 Å². The molecule has 0 unspecified atom stereocenters. The van der Waals surface area contributed by atoms with E-state index in [1.165, 1.54) is 12.0 Å². The van der Waals surface area contributed by atoms with Crippen molar-refractivity contribution in [2.45, 2.75) is 89.2 Å². The summed E-state index contributed by atoms with van der Waals surface area (Å²) < 4.78 is 5.64. The Labute approximate surface area is 254 Å². The van der Waals surface area contributed by atoms with Crippen LogP contribution in [0.3, 0.4) is 0 Å². The van der Waals surface area contributed by atoms with E-state index in [9.17, 15) is 9.59 Å². The van der Waals surface area contributed by atoms with Gasteiger partial charge >= 0.3 is 6.09 Å². The monoisotopic (exact) mass is 580 g/mol. The number of hydrogen-bond acceptors (Lipinski definition) is 4. The number of carbonyl (C=O) groups is 2. The van der Waals surface area contributed by atoms with Gasteiger partial charge in [-0.05, 0) is 60.1 Å². The number of nitrogens with one attached hydrogen (secondary N) is 3. The van der Waals surface area contributed by atoms with Crippen molar-refractivity contribution in [2.24, 2.45) is 0 Å². The highest BCUT2D eigenvalue weighted by molar-refractivity contribution is 5.91. The highest BCUT2D eigenvalue weighted by Crippen LogP contribution is 2.38. The molecule has 1 fully saturated rings. The summed E-state index contributed by atoms with van der Waals surface area (Å²) in [6.07, 6.45) is 8.72. The number of para-hydroxylation sites is 1. The number of aromatic amines is 1. The maximum absolute atomic E-state index is 14.1. The molecule has 7 heteroatoms. The van der Waals surface area contributed by atoms with Crippen molar-refractivity contribution in [3.8, 4) is 0 Å². The van der Waals surface area contributed by atoms with E-state index in [1.54, 1.807) is 6.92 Å². The number of aromatic nitrogens is 2. The van der Waals surface area contributed by atoms with Gasteiger partial charge in [-0.2, -0.15) is 0 Å². The Morgan fingerprint density at radius 3 is 2.35 bits per heavy atom. The molecule has 2 aromatic carbocycles. The van der Waals surface area contributed by atoms with Crippen LogP contribution in [0.5, 0.6) is 0 Å². The SMILES string of the molecule is CC(C)(C)c1ccc(COC(=O)N[C@@](C)(Cc2c[nH]c3ccccc23)C(=O)NCC2(c3ccccn3)CCCCC2)cc1. The lowest BCUT2D eigenvalue weighted by molar-refractivity contribution is -0.127. The van der Waals surface area contributed by atoms with Crippen molar-refractivity contribution in [3.05, 3.63) is 102 Å². The summed E-state index contributed by atoms with van der Waals surface area (Å²) in [5, 5.41) is 7.19. The first-order valence-electron chi connectivity index (χ1n) is 15.4. The zero-order valence-corrected chi connectivity index (χ0v) is 25.8. The molecule has 0 radical (unpaired) electrons. The number of hydrogen-bond donors (Lipinski definition) is 3. The highest BCUT2D eigenvalue weighted by Gasteiger charge is 2.40. The zero-order chi connectivity index (χ0) is 30.5. The largest absolute Gasteiger partial charge is 0.445 e. The lowest BCUT2D eigenvalue weighted by Gasteiger charge is -2.38. The van der Waals surface area contributed by atoms with Crippen LogP contribution in [0.4, 0.5) is 4.79 Å². The van der Waals surface area contributed by atoms with Gasteiger partial charge < -0.3 is 20.4 Å². The Kier molecular flexibility index (Phi) is 8.90. The van der Waals surface area contributed by atoms with Gasteiger partial charge in [-0.3, -0.25) is 9.78 Å². The van der Waals surface area contributed by atoms with Crippen molar-refractivity contribution in [2.75, 3.05) is 6.54 Å². The molecule has 1 aliphatic carbocycles. The second-order valence-corrected chi connectivity index (χ2v) is 13.3. The Morgan fingerprint density at radius 1 is 0.930 bits per heavy atom. The lowest BCUT2D eigenvalue weighted by Crippen LogP contribution is -2.59. The molecule has 0 saturated heterocycles. The molecule has 0 spiro atoms. The van der Waals surface area contributed by atoms with Crippen LogP contribution in [0.2, 0.25) is 0 Å². The number of carbonyl (C=O) groups excluding carboxylic acids is 2. The maximum Gasteiger partial charge on any atom is 0.408 e. The number of alkyl carbamates (subject to hydrolysis) is 1. The molecule has 0 aliphatic heterocycles. The van der Waals surface area contributed by atoms with Crippen molar-refractivity contribution < 1.29 is 14.3 Å². The molecule has 3 N–H and O–H groups in total. The van der Waals surface area contributed by atoms with Gasteiger partial charge in [0.25, 0.3) is 0 Å². The standard InChI is InChI=1S/C36H44N4O3/c1-34(2,3)28-17-15-26(16-18-28)24-43-33(42)40-35(4,22-27-23-38-30-13-7-6-12-29(27)30)32(41)39-25-36(19-9-5-10-20-36)31-14-8-11-21-37-31/h6-8,11-18,21,23,38H,5,9-10,19-20,22,24-25H2,1-4H3,(H,39,41)(H,40,42)/t35-/m0/s1. The van der Waals surface area contributed by atoms with Crippen LogP contribution in [-0.2, 0) is 33.4 Å². The molecule has 2 aromatic heterocycles. The Balaban J connectivity index is 1.34. The van der Waals surface area contributed by atoms with Gasteiger partial charge in [0.2, 0.25) is 5.91 Å². The molecule has 5 rings (SSSR count). The number of nitrogens with zero attached hydrogens (tertiary/aromatic N) is 1. The fourth-order valence-corrected chi connectivity index (χ4v) is 6.22. The molecule has 2 heterocycles. The maximum atomic E-state index is 14.1. The lowest BCUT2D eigenvalue weighted by atomic mass is 9.71. The summed E-state index contributed by atoms with van der Waals surface area (Å²) in [6, 6.07) is 22.1. The topological polar surface area (TPSA) is 96.1 Å². The minimum absolute atomic E-state index is 0.0428. The second kappa shape index (κ2) is 12.6. The van der Waals surface area contributed by atoms with Gasteiger partial charge in [-0.1, -0.05) is 88.6 Å². The first-order valence-corrected chi connectivity index (χ1v) is 15.4. The number of ether oxygens (including phenoxy) is 1. The van der Waals surface area contributed by atoms with E-state index in [-0.39, 0.29) is 23.3 Å². The van der Waals surface area contributed by atoms with Crippen LogP contribution >= 0.6 is 0 Å². The molecule has 1 atom stereocenters. The summed E-state index contributed by atoms with van der Waals surface area (Å²) in [6.45, 7) is 8.85. The number of benzene rings is 2. The number of amides is 2. The minimum Gasteiger partial charge on any atom is -0.445 e. The second-order valence-electron chi connectivity index (χ2n) is 13.3. The average molecular weight is 581 g/mol. The van der Waals surface area contributed by atoms with E-state index < -0.39 is 11.6 Å². The molecule has 1 saturated carbocycles. The first-order chi connectivity index (χ1) is 20.6. The van der Waals surface area contributed by atoms with E-state index in [1.807, 2.05) is 60.9 Å². The van der Waals surface area contributed by atoms with Crippen molar-refractivity contribution in [1.29, 1.82) is 0 Å². The Bertz CT molecular complexity index is 1530. The summed E-state index contributed by atoms with van der Waals surface area (Å²) in [5.74, 6) is -0.245. The van der Waals surface area contributed by atoms with Gasteiger partial charge in [-0.15, -0.1) is 0 Å². The Hall–Kier alpha value is -4.13. The van der Waals surface area contributed by atoms with E-state index in [2.05, 4.69) is 59.6 Å². The molecule has 4 aromatic rings. The van der Waals surface area contributed by atoms with Crippen LogP contribution in [0.25, 0.3) is 10.9 Å². The predicted molar refractivity (Wildman–Crippen MR) is 171 cm³/mol. The predicted octanol–water partition coefficient (Wildman–Crippen LogP) is 7.11. The number of rotatable bonds is 9. The van der Waals surface area contributed by atoms with Crippen molar-refractivity contribution in [1.82, 2.24) is 20.6 Å². The van der Waals surface area contributed by atoms with Gasteiger partial charge in [0.1, 0.15) is 12.1 Å². The fraction of sp³-hybridized carbons (Fsp3) is 0.417. The van der Waals surface area contributed by atoms with Crippen LogP contribution in [0.15, 0.2) is 79.1 Å². The quantitative estimate of drug-likeness (QED) is 0.197. The molecular weight excluding hydrogens is 536 g/mol. The van der Waals surface area contributed by atoms with Crippen molar-refractivity contribution >= 4 is 22.9 Å². The molecule has 7 nitrogen and oxygen atoms in total. The Morgan fingerprint density at radius 2 is 1.65 bits per heavy atom. The van der Waals surface area contributed by atoms with Crippen LogP contribution < -0.4 is 10.6 Å². The zero-order valence-electron chi connectivity index (χ0n) is 25.8. The fourth-order valence-electron chi connectivity index (χ4n) is 6.22. The van der Waals surface area contributed by atoms with Crippen LogP contribution in [0.1, 0.15) is 82.2 Å². The summed E-state index contributed by atoms with van der Waals surface area (Å²) in [4.78, 5) is 35.3. The van der Waals surface area contributed by atoms with E-state index >= 15 is 0 Å². The summed E-state index contributed by atoms with van der Waals surface area (Å²) in [7, 11) is 0. The summed E-state index contributed by atoms with van der Waals surface area (Å²) in [5.41, 5.74) is 3.61. The van der Waals surface area contributed by atoms with E-state index in [0.717, 1.165) is 53.4 Å². The van der Waals surface area contributed by atoms with E-state index in [4.69, 9.17) is 4.74 Å². The van der Waals surface area contributed by atoms with Gasteiger partial charge in [0.05, 0.1) is 0 Å². The number of fused-ring (bicyclic) bond motifs is 1. The smallest absolute Gasteiger partial charge is 0.408 e. The molecule has 2 amide bonds. The number of pyridine rings is 1. The molecule has 1 aliphatic rings. The third kappa shape index (κ3) is 7.10. The molecular formula is C36H44N4O3. The third-order valence-corrected chi connectivity index (χ3v) is 8.89. The molecule has 226 valence electrons. The van der Waals surface area contributed by atoms with Gasteiger partial charge in [-0.25, -0.2) is 4.79 Å². The minimum atomic E-state index is -1.25. The van der Waals surface area contributed by atoms with E-state index in [0.29, 0.717) is 13.0 Å². The normalized spacial score (nSPS) is 16.3. The van der Waals surface area contributed by atoms with Crippen molar-refractivity contribution in [3.63, 3.8) is 0 Å².